The molecule has 17 heteroatoms. The Morgan fingerprint density at radius 3 is 2.46 bits per heavy atom. The molecule has 6 atom stereocenters. The summed E-state index contributed by atoms with van der Waals surface area (Å²) in [5, 5.41) is 12.5. The average Bonchev–Trinajstić information content (AvgIpc) is 3.20. The first-order chi connectivity index (χ1) is 18.1. The van der Waals surface area contributed by atoms with Crippen LogP contribution in [-0.2, 0) is 23.4 Å². The fraction of sp³-hybridized carbons (Fsp3) is 0.500. The first kappa shape index (κ1) is 30.5. The summed E-state index contributed by atoms with van der Waals surface area (Å²) in [5.74, 6) is -2.57. The van der Waals surface area contributed by atoms with Gasteiger partial charge in [0.1, 0.15) is 24.1 Å². The van der Waals surface area contributed by atoms with Gasteiger partial charge in [0.05, 0.1) is 18.4 Å². The second-order valence-corrected chi connectivity index (χ2v) is 10.5. The monoisotopic (exact) mass is 583 g/mol. The van der Waals surface area contributed by atoms with Gasteiger partial charge < -0.3 is 19.1 Å². The summed E-state index contributed by atoms with van der Waals surface area (Å²) in [4.78, 5) is 37.2. The van der Waals surface area contributed by atoms with Crippen LogP contribution < -0.4 is 20.9 Å². The van der Waals surface area contributed by atoms with E-state index < -0.39 is 80.1 Å². The Morgan fingerprint density at radius 1 is 1.23 bits per heavy atom. The zero-order valence-corrected chi connectivity index (χ0v) is 21.6. The molecule has 216 valence electrons. The third-order valence-electron chi connectivity index (χ3n) is 5.27. The Hall–Kier alpha value is -3.04. The number of hydrogen-bond donors (Lipinski definition) is 3. The van der Waals surface area contributed by atoms with E-state index in [1.807, 2.05) is 0 Å². The lowest BCUT2D eigenvalue weighted by molar-refractivity contribution is -0.237. The number of aliphatic hydroxyl groups is 1. The SMILES string of the molecule is CC(C)OC(=O)[C@H](C)N[P@](=O)(Oc1ccccc1)O[C@@H]([C@H]1O[C@@H](n2cc(F)c(=O)[nH]c2=O)C[C@@H]1O)C(F)(F)F. The van der Waals surface area contributed by atoms with E-state index in [1.54, 1.807) is 11.1 Å². The number of benzene rings is 1. The highest BCUT2D eigenvalue weighted by atomic mass is 31.2. The van der Waals surface area contributed by atoms with Crippen LogP contribution in [0.5, 0.6) is 5.75 Å². The van der Waals surface area contributed by atoms with Crippen molar-refractivity contribution in [2.75, 3.05) is 0 Å². The molecular formula is C22H26F4N3O9P. The first-order valence-corrected chi connectivity index (χ1v) is 13.1. The number of carbonyl (C=O) groups excluding carboxylic acids is 1. The molecule has 1 aliphatic rings. The van der Waals surface area contributed by atoms with Crippen LogP contribution in [0, 0.1) is 5.82 Å². The molecule has 0 aliphatic carbocycles. The van der Waals surface area contributed by atoms with E-state index in [0.29, 0.717) is 10.8 Å². The van der Waals surface area contributed by atoms with Crippen LogP contribution in [0.3, 0.4) is 0 Å². The summed E-state index contributed by atoms with van der Waals surface area (Å²) in [6.07, 6.45) is -15.2. The summed E-state index contributed by atoms with van der Waals surface area (Å²) in [6, 6.07) is 5.50. The number of hydrogen-bond acceptors (Lipinski definition) is 9. The molecule has 0 saturated carbocycles. The number of ether oxygens (including phenoxy) is 2. The van der Waals surface area contributed by atoms with Crippen LogP contribution in [0.15, 0.2) is 46.1 Å². The summed E-state index contributed by atoms with van der Waals surface area (Å²) in [5.41, 5.74) is -2.57. The highest BCUT2D eigenvalue weighted by molar-refractivity contribution is 7.52. The maximum Gasteiger partial charge on any atom is 0.460 e. The average molecular weight is 583 g/mol. The van der Waals surface area contributed by atoms with Gasteiger partial charge in [-0.15, -0.1) is 0 Å². The molecule has 2 heterocycles. The highest BCUT2D eigenvalue weighted by Crippen LogP contribution is 2.50. The van der Waals surface area contributed by atoms with Crippen LogP contribution in [0.1, 0.15) is 33.4 Å². The molecule has 2 aromatic rings. The van der Waals surface area contributed by atoms with Crippen LogP contribution in [0.2, 0.25) is 0 Å². The molecule has 0 radical (unpaired) electrons. The van der Waals surface area contributed by atoms with Gasteiger partial charge in [0, 0.05) is 6.42 Å². The Labute approximate surface area is 218 Å². The van der Waals surface area contributed by atoms with Gasteiger partial charge in [-0.2, -0.15) is 22.6 Å². The van der Waals surface area contributed by atoms with Crippen molar-refractivity contribution in [3.63, 3.8) is 0 Å². The molecule has 1 aliphatic heterocycles. The van der Waals surface area contributed by atoms with Gasteiger partial charge in [0.15, 0.2) is 6.10 Å². The molecule has 3 rings (SSSR count). The van der Waals surface area contributed by atoms with Gasteiger partial charge >= 0.3 is 25.6 Å². The van der Waals surface area contributed by atoms with E-state index in [1.165, 1.54) is 38.1 Å². The molecule has 1 aromatic carbocycles. The Morgan fingerprint density at radius 2 is 1.87 bits per heavy atom. The predicted octanol–water partition coefficient (Wildman–Crippen LogP) is 2.39. The number of nitrogens with one attached hydrogen (secondary N) is 2. The molecule has 1 fully saturated rings. The summed E-state index contributed by atoms with van der Waals surface area (Å²) in [7, 11) is -5.08. The molecule has 1 saturated heterocycles. The number of carbonyl (C=O) groups is 1. The van der Waals surface area contributed by atoms with E-state index >= 15 is 0 Å². The van der Waals surface area contributed by atoms with Gasteiger partial charge in [0.2, 0.25) is 5.82 Å². The van der Waals surface area contributed by atoms with E-state index in [9.17, 15) is 41.6 Å². The van der Waals surface area contributed by atoms with Crippen molar-refractivity contribution in [1.82, 2.24) is 14.6 Å². The lowest BCUT2D eigenvalue weighted by atomic mass is 10.1. The van der Waals surface area contributed by atoms with Crippen LogP contribution in [0.25, 0.3) is 0 Å². The van der Waals surface area contributed by atoms with E-state index in [0.717, 1.165) is 6.92 Å². The molecule has 0 unspecified atom stereocenters. The van der Waals surface area contributed by atoms with E-state index in [2.05, 4.69) is 5.09 Å². The molecule has 39 heavy (non-hydrogen) atoms. The second-order valence-electron chi connectivity index (χ2n) is 8.81. The summed E-state index contributed by atoms with van der Waals surface area (Å²) >= 11 is 0. The number of H-pyrrole nitrogens is 1. The maximum absolute atomic E-state index is 14.2. The Balaban J connectivity index is 1.94. The lowest BCUT2D eigenvalue weighted by Crippen LogP contribution is -2.48. The number of alkyl halides is 3. The minimum Gasteiger partial charge on any atom is -0.462 e. The van der Waals surface area contributed by atoms with Crippen LogP contribution in [-0.4, -0.2) is 57.3 Å². The molecule has 1 aromatic heterocycles. The number of nitrogens with zero attached hydrogens (tertiary/aromatic N) is 1. The number of aliphatic hydroxyl groups excluding tert-OH is 1. The van der Waals surface area contributed by atoms with Gasteiger partial charge in [-0.1, -0.05) is 18.2 Å². The molecule has 0 spiro atoms. The summed E-state index contributed by atoms with van der Waals surface area (Å²) in [6.45, 7) is 4.21. The fourth-order valence-corrected chi connectivity index (χ4v) is 5.25. The second kappa shape index (κ2) is 12.0. The van der Waals surface area contributed by atoms with Gasteiger partial charge in [-0.25, -0.2) is 9.36 Å². The van der Waals surface area contributed by atoms with Gasteiger partial charge in [-0.3, -0.25) is 23.7 Å². The quantitative estimate of drug-likeness (QED) is 0.216. The number of rotatable bonds is 10. The molecule has 3 N–H and O–H groups in total. The Bertz CT molecular complexity index is 1320. The highest BCUT2D eigenvalue weighted by Gasteiger charge is 2.56. The fourth-order valence-electron chi connectivity index (χ4n) is 3.57. The molecule has 12 nitrogen and oxygen atoms in total. The third-order valence-corrected chi connectivity index (χ3v) is 6.93. The lowest BCUT2D eigenvalue weighted by Gasteiger charge is -2.31. The minimum atomic E-state index is -5.33. The number of esters is 1. The van der Waals surface area contributed by atoms with Crippen molar-refractivity contribution >= 4 is 13.7 Å². The van der Waals surface area contributed by atoms with Crippen LogP contribution in [0.4, 0.5) is 17.6 Å². The van der Waals surface area contributed by atoms with Crippen molar-refractivity contribution in [1.29, 1.82) is 0 Å². The van der Waals surface area contributed by atoms with Crippen molar-refractivity contribution < 1.29 is 50.5 Å². The molecule has 0 amide bonds. The zero-order valence-electron chi connectivity index (χ0n) is 20.8. The maximum atomic E-state index is 14.2. The summed E-state index contributed by atoms with van der Waals surface area (Å²) < 4.78 is 90.8. The number of halogens is 4. The normalized spacial score (nSPS) is 22.7. The Kier molecular flexibility index (Phi) is 9.39. The smallest absolute Gasteiger partial charge is 0.460 e. The molecular weight excluding hydrogens is 557 g/mol. The first-order valence-electron chi connectivity index (χ1n) is 11.5. The topological polar surface area (TPSA) is 158 Å². The standard InChI is InChI=1S/C22H26F4N3O9P/c1-11(2)35-20(32)12(3)28-39(34,37-13-7-5-4-6-8-13)38-18(22(24,25)26)17-15(30)9-16(36-17)29-10-14(23)19(31)27-21(29)33/h4-8,10-12,15-18,30H,9H2,1-3H3,(H,28,34)(H,27,31,33)/t12-,15-,16+,17-,18-,39-/m0/s1. The van der Waals surface area contributed by atoms with E-state index in [4.69, 9.17) is 18.5 Å². The van der Waals surface area contributed by atoms with Crippen molar-refractivity contribution in [3.8, 4) is 5.75 Å². The van der Waals surface area contributed by atoms with E-state index in [-0.39, 0.29) is 5.75 Å². The van der Waals surface area contributed by atoms with Crippen LogP contribution >= 0.6 is 7.75 Å². The third kappa shape index (κ3) is 7.76. The van der Waals surface area contributed by atoms with Crippen molar-refractivity contribution in [2.24, 2.45) is 0 Å². The number of aromatic amines is 1. The number of para-hydroxylation sites is 1. The van der Waals surface area contributed by atoms with Gasteiger partial charge in [-0.05, 0) is 32.9 Å². The van der Waals surface area contributed by atoms with Crippen molar-refractivity contribution in [2.45, 2.75) is 70.1 Å². The van der Waals surface area contributed by atoms with Crippen molar-refractivity contribution in [3.05, 3.63) is 63.2 Å². The predicted molar refractivity (Wildman–Crippen MR) is 125 cm³/mol. The van der Waals surface area contributed by atoms with Gasteiger partial charge in [0.25, 0.3) is 5.56 Å². The minimum absolute atomic E-state index is 0.181. The largest absolute Gasteiger partial charge is 0.462 e. The zero-order chi connectivity index (χ0) is 29.1. The number of aromatic nitrogens is 2. The molecule has 0 bridgehead atoms.